The van der Waals surface area contributed by atoms with Crippen LogP contribution >= 0.6 is 0 Å². The summed E-state index contributed by atoms with van der Waals surface area (Å²) in [6.45, 7) is 2.00. The molecule has 0 radical (unpaired) electrons. The molecule has 0 heterocycles. The molecule has 0 bridgehead atoms. The van der Waals surface area contributed by atoms with Crippen molar-refractivity contribution in [1.29, 1.82) is 0 Å². The lowest BCUT2D eigenvalue weighted by molar-refractivity contribution is 0.0827. The number of hydrogen-bond donors (Lipinski definition) is 0. The van der Waals surface area contributed by atoms with Gasteiger partial charge in [-0.25, -0.2) is 0 Å². The summed E-state index contributed by atoms with van der Waals surface area (Å²) in [5, 5.41) is 0. The van der Waals surface area contributed by atoms with Crippen molar-refractivity contribution in [2.24, 2.45) is 0 Å². The van der Waals surface area contributed by atoms with Gasteiger partial charge in [-0.1, -0.05) is 25.1 Å². The summed E-state index contributed by atoms with van der Waals surface area (Å²) >= 11 is 0. The quantitative estimate of drug-likeness (QED) is 0.648. The highest BCUT2D eigenvalue weighted by molar-refractivity contribution is 5.93. The largest absolute Gasteiger partial charge is 0.345 e. The van der Waals surface area contributed by atoms with Crippen LogP contribution < -0.4 is 0 Å². The first-order chi connectivity index (χ1) is 5.61. The number of carbonyl (C=O) groups is 1. The third kappa shape index (κ3) is 2.90. The van der Waals surface area contributed by atoms with E-state index in [-0.39, 0.29) is 13.3 Å². The SMILES string of the molecule is C.Cc1ccc(C(=O)N(C)C)cc1. The smallest absolute Gasteiger partial charge is 0.253 e. The minimum Gasteiger partial charge on any atom is -0.345 e. The maximum Gasteiger partial charge on any atom is 0.253 e. The van der Waals surface area contributed by atoms with Crippen LogP contribution in [0.5, 0.6) is 0 Å². The van der Waals surface area contributed by atoms with E-state index in [2.05, 4.69) is 0 Å². The van der Waals surface area contributed by atoms with Crippen LogP contribution in [0.3, 0.4) is 0 Å². The van der Waals surface area contributed by atoms with Gasteiger partial charge in [0.1, 0.15) is 0 Å². The van der Waals surface area contributed by atoms with Crippen molar-refractivity contribution in [3.63, 3.8) is 0 Å². The molecule has 2 heteroatoms. The van der Waals surface area contributed by atoms with E-state index in [0.717, 1.165) is 5.56 Å². The second kappa shape index (κ2) is 4.65. The second-order valence-corrected chi connectivity index (χ2v) is 3.07. The first-order valence-corrected chi connectivity index (χ1v) is 3.89. The Morgan fingerprint density at radius 1 is 1.15 bits per heavy atom. The lowest BCUT2D eigenvalue weighted by Crippen LogP contribution is -2.21. The number of amides is 1. The van der Waals surface area contributed by atoms with E-state index in [1.807, 2.05) is 31.2 Å². The highest BCUT2D eigenvalue weighted by atomic mass is 16.2. The van der Waals surface area contributed by atoms with Gasteiger partial charge in [0.05, 0.1) is 0 Å². The highest BCUT2D eigenvalue weighted by Gasteiger charge is 2.05. The first kappa shape index (κ1) is 11.7. The summed E-state index contributed by atoms with van der Waals surface area (Å²) < 4.78 is 0. The van der Waals surface area contributed by atoms with E-state index in [0.29, 0.717) is 0 Å². The summed E-state index contributed by atoms with van der Waals surface area (Å²) in [7, 11) is 3.50. The van der Waals surface area contributed by atoms with Crippen LogP contribution in [0.1, 0.15) is 23.3 Å². The average molecular weight is 179 g/mol. The Kier molecular flexibility index (Phi) is 4.18. The van der Waals surface area contributed by atoms with Crippen LogP contribution in [0, 0.1) is 6.92 Å². The lowest BCUT2D eigenvalue weighted by Gasteiger charge is -2.09. The van der Waals surface area contributed by atoms with Crippen molar-refractivity contribution in [2.45, 2.75) is 14.4 Å². The Balaban J connectivity index is 0.00000144. The zero-order valence-electron chi connectivity index (χ0n) is 7.66. The maximum atomic E-state index is 11.4. The Morgan fingerprint density at radius 2 is 1.62 bits per heavy atom. The molecule has 0 fully saturated rings. The number of aryl methyl sites for hydroxylation is 1. The molecule has 0 N–H and O–H groups in total. The highest BCUT2D eigenvalue weighted by Crippen LogP contribution is 2.04. The fourth-order valence-electron chi connectivity index (χ4n) is 0.954. The van der Waals surface area contributed by atoms with E-state index < -0.39 is 0 Å². The van der Waals surface area contributed by atoms with E-state index in [1.165, 1.54) is 5.56 Å². The van der Waals surface area contributed by atoms with Gasteiger partial charge in [0.25, 0.3) is 5.91 Å². The van der Waals surface area contributed by atoms with Gasteiger partial charge in [-0.3, -0.25) is 4.79 Å². The van der Waals surface area contributed by atoms with Crippen molar-refractivity contribution in [1.82, 2.24) is 4.90 Å². The summed E-state index contributed by atoms with van der Waals surface area (Å²) in [4.78, 5) is 13.0. The standard InChI is InChI=1S/C10H13NO.CH4/c1-8-4-6-9(7-5-8)10(12)11(2)3;/h4-7H,1-3H3;1H4. The molecule has 0 aliphatic heterocycles. The van der Waals surface area contributed by atoms with Gasteiger partial charge < -0.3 is 4.90 Å². The average Bonchev–Trinajstić information content (AvgIpc) is 2.04. The molecule has 13 heavy (non-hydrogen) atoms. The lowest BCUT2D eigenvalue weighted by atomic mass is 10.1. The van der Waals surface area contributed by atoms with Gasteiger partial charge in [0.15, 0.2) is 0 Å². The molecule has 2 nitrogen and oxygen atoms in total. The molecule has 0 aromatic heterocycles. The monoisotopic (exact) mass is 179 g/mol. The molecule has 72 valence electrons. The fraction of sp³-hybridized carbons (Fsp3) is 0.364. The molecule has 0 saturated heterocycles. The predicted molar refractivity (Wildman–Crippen MR) is 55.9 cm³/mol. The zero-order chi connectivity index (χ0) is 9.14. The van der Waals surface area contributed by atoms with Crippen molar-refractivity contribution < 1.29 is 4.79 Å². The van der Waals surface area contributed by atoms with Gasteiger partial charge in [-0.05, 0) is 19.1 Å². The van der Waals surface area contributed by atoms with E-state index in [9.17, 15) is 4.79 Å². The molecule has 1 rings (SSSR count). The van der Waals surface area contributed by atoms with Crippen LogP contribution in [-0.2, 0) is 0 Å². The topological polar surface area (TPSA) is 20.3 Å². The Labute approximate surface area is 80.2 Å². The third-order valence-electron chi connectivity index (χ3n) is 1.70. The number of benzene rings is 1. The molecular weight excluding hydrogens is 162 g/mol. The number of rotatable bonds is 1. The molecule has 0 atom stereocenters. The van der Waals surface area contributed by atoms with Gasteiger partial charge in [-0.2, -0.15) is 0 Å². The van der Waals surface area contributed by atoms with Crippen molar-refractivity contribution in [2.75, 3.05) is 14.1 Å². The summed E-state index contributed by atoms with van der Waals surface area (Å²) in [6, 6.07) is 7.57. The van der Waals surface area contributed by atoms with Gasteiger partial charge in [-0.15, -0.1) is 0 Å². The van der Waals surface area contributed by atoms with Crippen molar-refractivity contribution in [3.8, 4) is 0 Å². The Hall–Kier alpha value is -1.31. The van der Waals surface area contributed by atoms with Crippen molar-refractivity contribution in [3.05, 3.63) is 35.4 Å². The minimum atomic E-state index is 0. The van der Waals surface area contributed by atoms with Crippen LogP contribution in [-0.4, -0.2) is 24.9 Å². The minimum absolute atomic E-state index is 0. The second-order valence-electron chi connectivity index (χ2n) is 3.07. The van der Waals surface area contributed by atoms with Gasteiger partial charge in [0, 0.05) is 19.7 Å². The van der Waals surface area contributed by atoms with Crippen LogP contribution in [0.15, 0.2) is 24.3 Å². The van der Waals surface area contributed by atoms with Gasteiger partial charge in [0.2, 0.25) is 0 Å². The molecule has 0 unspecified atom stereocenters. The fourth-order valence-corrected chi connectivity index (χ4v) is 0.954. The summed E-state index contributed by atoms with van der Waals surface area (Å²) in [5.41, 5.74) is 1.91. The normalized spacial score (nSPS) is 8.85. The Morgan fingerprint density at radius 3 is 2.00 bits per heavy atom. The summed E-state index contributed by atoms with van der Waals surface area (Å²) in [6.07, 6.45) is 0. The van der Waals surface area contributed by atoms with Crippen molar-refractivity contribution >= 4 is 5.91 Å². The molecule has 1 amide bonds. The number of carbonyl (C=O) groups excluding carboxylic acids is 1. The number of nitrogens with zero attached hydrogens (tertiary/aromatic N) is 1. The third-order valence-corrected chi connectivity index (χ3v) is 1.70. The van der Waals surface area contributed by atoms with E-state index in [4.69, 9.17) is 0 Å². The number of hydrogen-bond acceptors (Lipinski definition) is 1. The first-order valence-electron chi connectivity index (χ1n) is 3.89. The maximum absolute atomic E-state index is 11.4. The molecule has 0 saturated carbocycles. The molecule has 0 spiro atoms. The summed E-state index contributed by atoms with van der Waals surface area (Å²) in [5.74, 6) is 0.0509. The molecule has 0 aliphatic rings. The Bertz CT molecular complexity index is 275. The van der Waals surface area contributed by atoms with Crippen LogP contribution in [0.4, 0.5) is 0 Å². The van der Waals surface area contributed by atoms with Crippen LogP contribution in [0.25, 0.3) is 0 Å². The molecule has 0 aliphatic carbocycles. The predicted octanol–water partition coefficient (Wildman–Crippen LogP) is 2.33. The van der Waals surface area contributed by atoms with E-state index >= 15 is 0 Å². The molecule has 1 aromatic rings. The molecule has 1 aromatic carbocycles. The van der Waals surface area contributed by atoms with Gasteiger partial charge >= 0.3 is 0 Å². The molecular formula is C11H17NO. The van der Waals surface area contributed by atoms with Crippen LogP contribution in [0.2, 0.25) is 0 Å². The van der Waals surface area contributed by atoms with E-state index in [1.54, 1.807) is 19.0 Å². The zero-order valence-corrected chi connectivity index (χ0v) is 7.66.